The zero-order valence-corrected chi connectivity index (χ0v) is 11.9. The minimum Gasteiger partial charge on any atom is -0.343 e. The van der Waals surface area contributed by atoms with Crippen molar-refractivity contribution in [3.05, 3.63) is 34.9 Å². The number of carbonyl (C=O) groups excluding carboxylic acids is 1. The highest BCUT2D eigenvalue weighted by atomic mass is 35.5. The summed E-state index contributed by atoms with van der Waals surface area (Å²) in [4.78, 5) is 13.6. The summed E-state index contributed by atoms with van der Waals surface area (Å²) >= 11 is 7.66. The number of rotatable bonds is 6. The fraction of sp³-hybridized carbons (Fsp3) is 0.462. The van der Waals surface area contributed by atoms with E-state index in [4.69, 9.17) is 11.6 Å². The summed E-state index contributed by atoms with van der Waals surface area (Å²) in [6, 6.07) is 7.76. The molecule has 4 heteroatoms. The summed E-state index contributed by atoms with van der Waals surface area (Å²) in [5.41, 5.74) is 1.09. The number of amides is 1. The van der Waals surface area contributed by atoms with Crippen molar-refractivity contribution in [3.63, 3.8) is 0 Å². The van der Waals surface area contributed by atoms with Gasteiger partial charge in [-0.2, -0.15) is 0 Å². The highest BCUT2D eigenvalue weighted by Crippen LogP contribution is 2.20. The third kappa shape index (κ3) is 4.60. The monoisotopic (exact) mass is 271 g/mol. The third-order valence-electron chi connectivity index (χ3n) is 2.56. The molecular weight excluding hydrogens is 254 g/mol. The number of benzene rings is 1. The van der Waals surface area contributed by atoms with Crippen molar-refractivity contribution in [2.75, 3.05) is 18.8 Å². The van der Waals surface area contributed by atoms with Gasteiger partial charge >= 0.3 is 0 Å². The molecule has 0 bridgehead atoms. The van der Waals surface area contributed by atoms with Crippen LogP contribution >= 0.6 is 23.4 Å². The average molecular weight is 272 g/mol. The van der Waals surface area contributed by atoms with Crippen LogP contribution in [0.25, 0.3) is 0 Å². The maximum absolute atomic E-state index is 11.8. The van der Waals surface area contributed by atoms with E-state index in [1.807, 2.05) is 43.0 Å². The first-order chi connectivity index (χ1) is 8.19. The van der Waals surface area contributed by atoms with E-state index in [9.17, 15) is 4.79 Å². The molecule has 1 aromatic carbocycles. The summed E-state index contributed by atoms with van der Waals surface area (Å²) in [5, 5.41) is 0.773. The predicted molar refractivity (Wildman–Crippen MR) is 75.5 cm³/mol. The van der Waals surface area contributed by atoms with Gasteiger partial charge in [-0.1, -0.05) is 29.8 Å². The van der Waals surface area contributed by atoms with E-state index in [1.165, 1.54) is 0 Å². The van der Waals surface area contributed by atoms with Gasteiger partial charge in [0.05, 0.1) is 5.75 Å². The van der Waals surface area contributed by atoms with E-state index < -0.39 is 0 Å². The standard InChI is InChI=1S/C13H18ClNOS/c1-3-15(4-2)13(16)10-17-9-11-7-5-6-8-12(11)14/h5-8H,3-4,9-10H2,1-2H3. The zero-order valence-electron chi connectivity index (χ0n) is 10.3. The van der Waals surface area contributed by atoms with E-state index in [0.717, 1.165) is 29.4 Å². The minimum atomic E-state index is 0.201. The molecule has 0 aromatic heterocycles. The lowest BCUT2D eigenvalue weighted by atomic mass is 10.2. The van der Waals surface area contributed by atoms with Gasteiger partial charge in [-0.3, -0.25) is 4.79 Å². The maximum atomic E-state index is 11.8. The van der Waals surface area contributed by atoms with E-state index in [2.05, 4.69) is 0 Å². The van der Waals surface area contributed by atoms with E-state index in [0.29, 0.717) is 5.75 Å². The average Bonchev–Trinajstić information content (AvgIpc) is 2.33. The highest BCUT2D eigenvalue weighted by molar-refractivity contribution is 7.99. The zero-order chi connectivity index (χ0) is 12.7. The van der Waals surface area contributed by atoms with Crippen molar-refractivity contribution in [2.45, 2.75) is 19.6 Å². The molecule has 0 unspecified atom stereocenters. The normalized spacial score (nSPS) is 10.3. The van der Waals surface area contributed by atoms with Gasteiger partial charge in [0.1, 0.15) is 0 Å². The van der Waals surface area contributed by atoms with E-state index >= 15 is 0 Å². The van der Waals surface area contributed by atoms with Crippen LogP contribution in [0.2, 0.25) is 5.02 Å². The largest absolute Gasteiger partial charge is 0.343 e. The molecule has 0 saturated carbocycles. The quantitative estimate of drug-likeness (QED) is 0.790. The Morgan fingerprint density at radius 3 is 2.53 bits per heavy atom. The molecular formula is C13H18ClNOS. The molecule has 0 fully saturated rings. The fourth-order valence-electron chi connectivity index (χ4n) is 1.53. The van der Waals surface area contributed by atoms with E-state index in [1.54, 1.807) is 11.8 Å². The molecule has 1 amide bonds. The molecule has 0 aliphatic carbocycles. The molecule has 0 heterocycles. The Hall–Kier alpha value is -0.670. The van der Waals surface area contributed by atoms with Gasteiger partial charge in [0.15, 0.2) is 0 Å². The second-order valence-corrected chi connectivity index (χ2v) is 5.04. The SMILES string of the molecule is CCN(CC)C(=O)CSCc1ccccc1Cl. The molecule has 2 nitrogen and oxygen atoms in total. The molecule has 1 rings (SSSR count). The molecule has 94 valence electrons. The molecule has 1 aromatic rings. The third-order valence-corrected chi connectivity index (χ3v) is 3.89. The van der Waals surface area contributed by atoms with Crippen LogP contribution in [0.3, 0.4) is 0 Å². The highest BCUT2D eigenvalue weighted by Gasteiger charge is 2.09. The van der Waals surface area contributed by atoms with Crippen molar-refractivity contribution in [2.24, 2.45) is 0 Å². The van der Waals surface area contributed by atoms with Gasteiger partial charge in [0, 0.05) is 23.9 Å². The summed E-state index contributed by atoms with van der Waals surface area (Å²) < 4.78 is 0. The smallest absolute Gasteiger partial charge is 0.232 e. The molecule has 0 saturated heterocycles. The number of carbonyl (C=O) groups is 1. The minimum absolute atomic E-state index is 0.201. The molecule has 0 aliphatic heterocycles. The topological polar surface area (TPSA) is 20.3 Å². The second-order valence-electron chi connectivity index (χ2n) is 3.65. The van der Waals surface area contributed by atoms with Gasteiger partial charge < -0.3 is 4.90 Å². The Morgan fingerprint density at radius 1 is 1.29 bits per heavy atom. The van der Waals surface area contributed by atoms with Crippen LogP contribution in [0.15, 0.2) is 24.3 Å². The van der Waals surface area contributed by atoms with Crippen LogP contribution in [0.1, 0.15) is 19.4 Å². The maximum Gasteiger partial charge on any atom is 0.232 e. The second kappa shape index (κ2) is 7.62. The van der Waals surface area contributed by atoms with E-state index in [-0.39, 0.29) is 5.91 Å². The van der Waals surface area contributed by atoms with Crippen molar-refractivity contribution >= 4 is 29.3 Å². The summed E-state index contributed by atoms with van der Waals surface area (Å²) in [6.45, 7) is 5.56. The van der Waals surface area contributed by atoms with Crippen molar-refractivity contribution in [3.8, 4) is 0 Å². The Kier molecular flexibility index (Phi) is 6.45. The Morgan fingerprint density at radius 2 is 1.94 bits per heavy atom. The molecule has 0 atom stereocenters. The first-order valence-electron chi connectivity index (χ1n) is 5.78. The van der Waals surface area contributed by atoms with Crippen LogP contribution in [0.4, 0.5) is 0 Å². The molecule has 0 radical (unpaired) electrons. The van der Waals surface area contributed by atoms with Crippen molar-refractivity contribution < 1.29 is 4.79 Å². The van der Waals surface area contributed by atoms with Gasteiger partial charge in [0.25, 0.3) is 0 Å². The summed E-state index contributed by atoms with van der Waals surface area (Å²) in [6.07, 6.45) is 0. The van der Waals surface area contributed by atoms with Gasteiger partial charge in [-0.05, 0) is 25.5 Å². The number of nitrogens with zero attached hydrogens (tertiary/aromatic N) is 1. The molecule has 0 N–H and O–H groups in total. The first kappa shape index (κ1) is 14.4. The predicted octanol–water partition coefficient (Wildman–Crippen LogP) is 3.44. The lowest BCUT2D eigenvalue weighted by Crippen LogP contribution is -2.31. The Labute approximate surface area is 112 Å². The summed E-state index contributed by atoms with van der Waals surface area (Å²) in [7, 11) is 0. The molecule has 0 aliphatic rings. The Bertz CT molecular complexity index is 366. The van der Waals surface area contributed by atoms with Gasteiger partial charge in [-0.25, -0.2) is 0 Å². The van der Waals surface area contributed by atoms with Crippen LogP contribution in [0, 0.1) is 0 Å². The lowest BCUT2D eigenvalue weighted by molar-refractivity contribution is -0.127. The number of hydrogen-bond donors (Lipinski definition) is 0. The van der Waals surface area contributed by atoms with Gasteiger partial charge in [-0.15, -0.1) is 11.8 Å². The number of thioether (sulfide) groups is 1. The number of halogens is 1. The van der Waals surface area contributed by atoms with Crippen LogP contribution in [-0.2, 0) is 10.5 Å². The molecule has 0 spiro atoms. The van der Waals surface area contributed by atoms with Crippen molar-refractivity contribution in [1.82, 2.24) is 4.90 Å². The lowest BCUT2D eigenvalue weighted by Gasteiger charge is -2.18. The number of hydrogen-bond acceptors (Lipinski definition) is 2. The molecule has 17 heavy (non-hydrogen) atoms. The van der Waals surface area contributed by atoms with Crippen LogP contribution < -0.4 is 0 Å². The Balaban J connectivity index is 2.38. The van der Waals surface area contributed by atoms with Crippen LogP contribution in [-0.4, -0.2) is 29.6 Å². The summed E-state index contributed by atoms with van der Waals surface area (Å²) in [5.74, 6) is 1.51. The first-order valence-corrected chi connectivity index (χ1v) is 7.31. The fourth-order valence-corrected chi connectivity index (χ4v) is 2.74. The van der Waals surface area contributed by atoms with Crippen LogP contribution in [0.5, 0.6) is 0 Å². The van der Waals surface area contributed by atoms with Crippen molar-refractivity contribution in [1.29, 1.82) is 0 Å². The van der Waals surface area contributed by atoms with Gasteiger partial charge in [0.2, 0.25) is 5.91 Å².